The van der Waals surface area contributed by atoms with Gasteiger partial charge in [0.15, 0.2) is 28.6 Å². The van der Waals surface area contributed by atoms with E-state index in [4.69, 9.17) is 28.1 Å². The van der Waals surface area contributed by atoms with Crippen molar-refractivity contribution in [1.82, 2.24) is 19.7 Å². The fraction of sp³-hybridized carbons (Fsp3) is 0.475. The highest BCUT2D eigenvalue weighted by molar-refractivity contribution is 6.03. The number of piperazine rings is 1. The molecule has 0 saturated carbocycles. The molecule has 12 heteroatoms. The summed E-state index contributed by atoms with van der Waals surface area (Å²) in [7, 11) is 4.89. The predicted molar refractivity (Wildman–Crippen MR) is 200 cm³/mol. The molecule has 3 aromatic carbocycles. The Morgan fingerprint density at radius 1 is 0.750 bits per heavy atom. The van der Waals surface area contributed by atoms with E-state index in [1.807, 2.05) is 53.6 Å². The molecule has 1 unspecified atom stereocenters. The first-order valence-electron chi connectivity index (χ1n) is 18.4. The first-order valence-corrected chi connectivity index (χ1v) is 18.4. The summed E-state index contributed by atoms with van der Waals surface area (Å²) in [6.45, 7) is 8.45. The zero-order chi connectivity index (χ0) is 35.9. The molecule has 2 saturated heterocycles. The van der Waals surface area contributed by atoms with Crippen molar-refractivity contribution in [1.29, 1.82) is 0 Å². The summed E-state index contributed by atoms with van der Waals surface area (Å²) in [4.78, 5) is 29.4. The maximum Gasteiger partial charge on any atom is 0.256 e. The van der Waals surface area contributed by atoms with Crippen LogP contribution in [-0.2, 0) is 0 Å². The van der Waals surface area contributed by atoms with E-state index >= 15 is 0 Å². The molecular weight excluding hydrogens is 662 g/mol. The number of carbonyl (C=O) groups excluding carboxylic acids is 1. The first-order chi connectivity index (χ1) is 25.5. The molecular formula is C40H49N5O7. The third-order valence-corrected chi connectivity index (χ3v) is 10.2. The Labute approximate surface area is 305 Å². The molecule has 1 amide bonds. The second-order valence-corrected chi connectivity index (χ2v) is 13.5. The summed E-state index contributed by atoms with van der Waals surface area (Å²) < 4.78 is 34.7. The number of fused-ring (bicyclic) bond motifs is 3. The molecule has 1 atom stereocenters. The number of unbranched alkanes of at least 4 members (excludes halogenated alkanes) is 2. The van der Waals surface area contributed by atoms with E-state index in [9.17, 15) is 4.79 Å². The number of carbonyl (C=O) groups is 1. The molecule has 2 fully saturated rings. The number of nitrogens with zero attached hydrogens (tertiary/aromatic N) is 5. The van der Waals surface area contributed by atoms with E-state index in [-0.39, 0.29) is 11.9 Å². The van der Waals surface area contributed by atoms with E-state index in [0.29, 0.717) is 58.9 Å². The molecule has 276 valence electrons. The molecule has 1 aromatic heterocycles. The minimum absolute atomic E-state index is 0.0223. The van der Waals surface area contributed by atoms with Crippen LogP contribution in [0.4, 0.5) is 5.69 Å². The second-order valence-electron chi connectivity index (χ2n) is 13.5. The van der Waals surface area contributed by atoms with Gasteiger partial charge in [-0.3, -0.25) is 9.79 Å². The van der Waals surface area contributed by atoms with E-state index in [0.717, 1.165) is 101 Å². The molecule has 7 rings (SSSR count). The lowest BCUT2D eigenvalue weighted by Gasteiger charge is -2.34. The highest BCUT2D eigenvalue weighted by atomic mass is 16.5. The third kappa shape index (κ3) is 8.13. The molecule has 0 radical (unpaired) electrons. The van der Waals surface area contributed by atoms with Gasteiger partial charge in [-0.1, -0.05) is 0 Å². The van der Waals surface area contributed by atoms with Crippen molar-refractivity contribution < 1.29 is 32.9 Å². The Balaban J connectivity index is 0.782. The monoisotopic (exact) mass is 711 g/mol. The standard InChI is InChI=1S/C40H49N5O7/c1-47-30-11-12-32-35(24-30)52-39(42-32)28-10-13-34(36(23-28)48-2)50-21-6-4-14-43-17-19-44(20-18-43)15-5-7-22-51-38-26-33-31(25-37(38)49-3)40(46)45-16-8-9-29(45)27-41-33/h10-13,23-27,29H,4-9,14-22H2,1-3H3. The van der Waals surface area contributed by atoms with Crippen molar-refractivity contribution in [2.45, 2.75) is 44.6 Å². The molecule has 0 spiro atoms. The SMILES string of the molecule is COc1ccc2nc(-c3ccc(OCCCCN4CCN(CCCCOc5cc6c(cc5OC)C(=O)N5CCCC5C=N6)CC4)c(OC)c3)oc2c1. The molecule has 12 nitrogen and oxygen atoms in total. The van der Waals surface area contributed by atoms with E-state index in [1.165, 1.54) is 0 Å². The summed E-state index contributed by atoms with van der Waals surface area (Å²) in [5.41, 5.74) is 3.51. The van der Waals surface area contributed by atoms with Crippen LogP contribution in [0.2, 0.25) is 0 Å². The van der Waals surface area contributed by atoms with Crippen LogP contribution < -0.4 is 23.7 Å². The van der Waals surface area contributed by atoms with Gasteiger partial charge in [-0.25, -0.2) is 4.98 Å². The number of methoxy groups -OCH3 is 3. The molecule has 0 bridgehead atoms. The van der Waals surface area contributed by atoms with Gasteiger partial charge >= 0.3 is 0 Å². The zero-order valence-electron chi connectivity index (χ0n) is 30.5. The van der Waals surface area contributed by atoms with Crippen LogP contribution in [0.1, 0.15) is 48.9 Å². The molecule has 0 N–H and O–H groups in total. The van der Waals surface area contributed by atoms with Crippen LogP contribution in [0, 0.1) is 0 Å². The van der Waals surface area contributed by atoms with Gasteiger partial charge in [-0.05, 0) is 88.0 Å². The largest absolute Gasteiger partial charge is 0.497 e. The van der Waals surface area contributed by atoms with E-state index in [1.54, 1.807) is 27.4 Å². The fourth-order valence-electron chi connectivity index (χ4n) is 7.17. The maximum atomic E-state index is 13.1. The molecule has 4 heterocycles. The van der Waals surface area contributed by atoms with Gasteiger partial charge in [0.05, 0.1) is 51.8 Å². The van der Waals surface area contributed by atoms with Crippen molar-refractivity contribution in [2.75, 3.05) is 80.4 Å². The molecule has 3 aliphatic heterocycles. The molecule has 52 heavy (non-hydrogen) atoms. The number of rotatable bonds is 16. The van der Waals surface area contributed by atoms with Crippen molar-refractivity contribution >= 4 is 28.9 Å². The predicted octanol–water partition coefficient (Wildman–Crippen LogP) is 6.48. The number of amides is 1. The average Bonchev–Trinajstić information content (AvgIpc) is 3.81. The van der Waals surface area contributed by atoms with Gasteiger partial charge < -0.3 is 42.8 Å². The quantitative estimate of drug-likeness (QED) is 0.120. The van der Waals surface area contributed by atoms with Crippen molar-refractivity contribution in [3.63, 3.8) is 0 Å². The highest BCUT2D eigenvalue weighted by Crippen LogP contribution is 2.38. The van der Waals surface area contributed by atoms with Gasteiger partial charge in [0.1, 0.15) is 11.3 Å². The van der Waals surface area contributed by atoms with E-state index < -0.39 is 0 Å². The lowest BCUT2D eigenvalue weighted by molar-refractivity contribution is 0.0774. The molecule has 0 aliphatic carbocycles. The number of aliphatic imine (C=N–C) groups is 1. The topological polar surface area (TPSA) is 111 Å². The zero-order valence-corrected chi connectivity index (χ0v) is 30.5. The minimum Gasteiger partial charge on any atom is -0.497 e. The lowest BCUT2D eigenvalue weighted by atomic mass is 10.1. The number of benzene rings is 3. The number of ether oxygens (including phenoxy) is 5. The van der Waals surface area contributed by atoms with Crippen LogP contribution in [0.25, 0.3) is 22.6 Å². The number of aromatic nitrogens is 1. The fourth-order valence-corrected chi connectivity index (χ4v) is 7.17. The van der Waals surface area contributed by atoms with Crippen molar-refractivity contribution in [3.05, 3.63) is 54.1 Å². The molecule has 4 aromatic rings. The van der Waals surface area contributed by atoms with Crippen LogP contribution in [-0.4, -0.2) is 118 Å². The van der Waals surface area contributed by atoms with Gasteiger partial charge in [0, 0.05) is 56.6 Å². The second kappa shape index (κ2) is 16.7. The first kappa shape index (κ1) is 35.6. The van der Waals surface area contributed by atoms with Gasteiger partial charge in [-0.2, -0.15) is 0 Å². The van der Waals surface area contributed by atoms with Gasteiger partial charge in [-0.15, -0.1) is 0 Å². The van der Waals surface area contributed by atoms with Crippen molar-refractivity contribution in [2.24, 2.45) is 4.99 Å². The Hall–Kier alpha value is -4.81. The summed E-state index contributed by atoms with van der Waals surface area (Å²) in [6.07, 6.45) is 7.93. The van der Waals surface area contributed by atoms with Crippen molar-refractivity contribution in [3.8, 4) is 40.2 Å². The van der Waals surface area contributed by atoms with Crippen LogP contribution in [0.15, 0.2) is 57.9 Å². The van der Waals surface area contributed by atoms with Gasteiger partial charge in [0.25, 0.3) is 5.91 Å². The summed E-state index contributed by atoms with van der Waals surface area (Å²) in [5.74, 6) is 3.86. The Morgan fingerprint density at radius 2 is 1.46 bits per heavy atom. The normalized spacial score (nSPS) is 17.6. The lowest BCUT2D eigenvalue weighted by Crippen LogP contribution is -2.46. The molecule has 3 aliphatic rings. The summed E-state index contributed by atoms with van der Waals surface area (Å²) in [6, 6.07) is 15.1. The third-order valence-electron chi connectivity index (χ3n) is 10.2. The summed E-state index contributed by atoms with van der Waals surface area (Å²) in [5, 5.41) is 0. The Morgan fingerprint density at radius 3 is 2.17 bits per heavy atom. The number of hydrogen-bond acceptors (Lipinski definition) is 11. The Bertz CT molecular complexity index is 1870. The minimum atomic E-state index is 0.0223. The smallest absolute Gasteiger partial charge is 0.256 e. The van der Waals surface area contributed by atoms with Crippen LogP contribution >= 0.6 is 0 Å². The Kier molecular flexibility index (Phi) is 11.4. The average molecular weight is 712 g/mol. The van der Waals surface area contributed by atoms with Crippen LogP contribution in [0.3, 0.4) is 0 Å². The number of oxazole rings is 1. The maximum absolute atomic E-state index is 13.1. The van der Waals surface area contributed by atoms with Gasteiger partial charge in [0.2, 0.25) is 5.89 Å². The highest BCUT2D eigenvalue weighted by Gasteiger charge is 2.32. The van der Waals surface area contributed by atoms with Crippen LogP contribution in [0.5, 0.6) is 28.7 Å². The van der Waals surface area contributed by atoms with E-state index in [2.05, 4.69) is 19.8 Å². The number of hydrogen-bond donors (Lipinski definition) is 0. The summed E-state index contributed by atoms with van der Waals surface area (Å²) >= 11 is 0.